The molecule has 0 amide bonds. The lowest BCUT2D eigenvalue weighted by atomic mass is 10.0. The van der Waals surface area contributed by atoms with Gasteiger partial charge in [-0.05, 0) is 167 Å². The molecule has 0 saturated heterocycles. The number of carbonyl (C=O) groups is 3. The predicted molar refractivity (Wildman–Crippen MR) is 583 cm³/mol. The second-order valence-electron chi connectivity index (χ2n) is 36.7. The van der Waals surface area contributed by atoms with Gasteiger partial charge in [-0.25, -0.2) is 9.13 Å². The van der Waals surface area contributed by atoms with Crippen LogP contribution in [0.5, 0.6) is 0 Å². The first-order valence-corrected chi connectivity index (χ1v) is 58.4. The standard InChI is InChI=1S/C119H202O16P2/c1-4-7-10-13-16-19-22-25-28-31-34-37-40-43-46-49-52-55-56-59-61-63-66-69-72-75-78-81-84-87-90-93-96-99-102-105-117(122)129-108-114(120)109-131-136(125,126)132-110-115(121)111-133-137(127,128)134-113-116(135-119(124)107-104-101-98-95-92-89-86-83-80-77-74-71-68-65-62-58-54-51-48-45-42-39-36-33-30-27-24-21-18-15-12-9-6-3)112-130-118(123)106-103-100-97-94-91-88-85-82-79-76-73-70-67-64-60-57-53-50-47-44-41-38-35-32-29-26-23-20-17-14-11-8-5-2/h7-12,16-21,25-30,34-39,43-48,52-53,55,57,114-116,120-121H,4-6,13-15,22-24,31-33,40-42,49-51,54,56,58-113H2,1-3H3,(H,125,126)(H,127,128)/b10-7-,11-8-,12-9-,19-16-,20-17-,21-18-,28-25-,29-26-,30-27-,37-34-,38-35-,39-36-,46-43-,47-44-,48-45-,55-52-,57-53-. The van der Waals surface area contributed by atoms with Gasteiger partial charge >= 0.3 is 33.6 Å². The number of phosphoric ester groups is 2. The minimum absolute atomic E-state index is 0.102. The molecule has 0 aromatic carbocycles. The highest BCUT2D eigenvalue weighted by Crippen LogP contribution is 2.45. The zero-order valence-corrected chi connectivity index (χ0v) is 89.0. The minimum atomic E-state index is -4.95. The van der Waals surface area contributed by atoms with E-state index >= 15 is 0 Å². The fraction of sp³-hybridized carbons (Fsp3) is 0.689. The van der Waals surface area contributed by atoms with E-state index < -0.39 is 91.5 Å². The molecule has 0 radical (unpaired) electrons. The topological polar surface area (TPSA) is 231 Å². The molecule has 5 atom stereocenters. The van der Waals surface area contributed by atoms with Crippen LogP contribution >= 0.6 is 15.6 Å². The first-order valence-electron chi connectivity index (χ1n) is 55.4. The van der Waals surface area contributed by atoms with E-state index in [4.69, 9.17) is 32.3 Å². The summed E-state index contributed by atoms with van der Waals surface area (Å²) in [7, 11) is -9.83. The van der Waals surface area contributed by atoms with Gasteiger partial charge in [-0.1, -0.05) is 491 Å². The first-order chi connectivity index (χ1) is 67.2. The van der Waals surface area contributed by atoms with Crippen LogP contribution in [0.1, 0.15) is 470 Å². The number of carbonyl (C=O) groups excluding carboxylic acids is 3. The fourth-order valence-corrected chi connectivity index (χ4v) is 16.8. The van der Waals surface area contributed by atoms with Crippen molar-refractivity contribution in [2.75, 3.05) is 39.6 Å². The Bertz CT molecular complexity index is 3330. The Kier molecular flexibility index (Phi) is 104. The Morgan fingerprint density at radius 1 is 0.204 bits per heavy atom. The third-order valence-electron chi connectivity index (χ3n) is 23.5. The first kappa shape index (κ1) is 131. The van der Waals surface area contributed by atoms with E-state index in [1.54, 1.807) is 0 Å². The van der Waals surface area contributed by atoms with E-state index in [2.05, 4.69) is 227 Å². The van der Waals surface area contributed by atoms with Crippen molar-refractivity contribution in [3.63, 3.8) is 0 Å². The number of allylic oxidation sites excluding steroid dienone is 34. The lowest BCUT2D eigenvalue weighted by molar-refractivity contribution is -0.161. The lowest BCUT2D eigenvalue weighted by Crippen LogP contribution is -2.30. The summed E-state index contributed by atoms with van der Waals surface area (Å²) in [6.07, 6.45) is 149. The quantitative estimate of drug-likeness (QED) is 0.0146. The second kappa shape index (κ2) is 109. The van der Waals surface area contributed by atoms with Crippen molar-refractivity contribution in [1.29, 1.82) is 0 Å². The molecule has 16 nitrogen and oxygen atoms in total. The van der Waals surface area contributed by atoms with Crippen molar-refractivity contribution < 1.29 is 75.8 Å². The summed E-state index contributed by atoms with van der Waals surface area (Å²) in [6, 6.07) is 0. The van der Waals surface area contributed by atoms with Gasteiger partial charge in [-0.2, -0.15) is 0 Å². The number of unbranched alkanes of at least 4 members (excludes halogenated alkanes) is 47. The molecule has 137 heavy (non-hydrogen) atoms. The number of hydrogen-bond acceptors (Lipinski definition) is 14. The predicted octanol–water partition coefficient (Wildman–Crippen LogP) is 35.8. The normalized spacial score (nSPS) is 14.4. The number of aliphatic hydroxyl groups excluding tert-OH is 2. The molecule has 0 fully saturated rings. The molecule has 0 aliphatic rings. The smallest absolute Gasteiger partial charge is 0.463 e. The van der Waals surface area contributed by atoms with E-state index in [1.807, 2.05) is 0 Å². The molecule has 5 unspecified atom stereocenters. The van der Waals surface area contributed by atoms with Crippen molar-refractivity contribution in [2.45, 2.75) is 489 Å². The largest absolute Gasteiger partial charge is 0.472 e. The molecular formula is C119H202O16P2. The third kappa shape index (κ3) is 110. The van der Waals surface area contributed by atoms with E-state index in [1.165, 1.54) is 231 Å². The lowest BCUT2D eigenvalue weighted by Gasteiger charge is -2.21. The van der Waals surface area contributed by atoms with Gasteiger partial charge in [0.2, 0.25) is 0 Å². The molecule has 4 N–H and O–H groups in total. The molecule has 0 spiro atoms. The van der Waals surface area contributed by atoms with E-state index in [-0.39, 0.29) is 19.3 Å². The summed E-state index contributed by atoms with van der Waals surface area (Å²) in [6.45, 7) is 2.43. The number of aliphatic hydroxyl groups is 2. The summed E-state index contributed by atoms with van der Waals surface area (Å²) >= 11 is 0. The van der Waals surface area contributed by atoms with Crippen LogP contribution in [0.25, 0.3) is 0 Å². The van der Waals surface area contributed by atoms with Gasteiger partial charge in [0, 0.05) is 19.3 Å². The average molecular weight is 1950 g/mol. The summed E-state index contributed by atoms with van der Waals surface area (Å²) in [5, 5.41) is 20.8. The van der Waals surface area contributed by atoms with E-state index in [9.17, 15) is 43.5 Å². The van der Waals surface area contributed by atoms with Crippen LogP contribution in [0, 0.1) is 0 Å². The molecule has 0 rings (SSSR count). The molecule has 18 heteroatoms. The Hall–Kier alpha value is -5.87. The van der Waals surface area contributed by atoms with E-state index in [0.717, 1.165) is 180 Å². The Morgan fingerprint density at radius 2 is 0.365 bits per heavy atom. The maximum Gasteiger partial charge on any atom is 0.472 e. The highest BCUT2D eigenvalue weighted by molar-refractivity contribution is 7.47. The Morgan fingerprint density at radius 3 is 0.577 bits per heavy atom. The van der Waals surface area contributed by atoms with Crippen LogP contribution < -0.4 is 0 Å². The number of hydrogen-bond donors (Lipinski definition) is 4. The monoisotopic (exact) mass is 1950 g/mol. The third-order valence-corrected chi connectivity index (χ3v) is 25.4. The van der Waals surface area contributed by atoms with Crippen LogP contribution in [0.2, 0.25) is 0 Å². The van der Waals surface area contributed by atoms with Gasteiger partial charge in [0.1, 0.15) is 25.4 Å². The van der Waals surface area contributed by atoms with Gasteiger partial charge in [0.15, 0.2) is 6.10 Å². The molecule has 0 heterocycles. The van der Waals surface area contributed by atoms with E-state index in [0.29, 0.717) is 19.3 Å². The van der Waals surface area contributed by atoms with Gasteiger partial charge in [-0.3, -0.25) is 32.5 Å². The van der Waals surface area contributed by atoms with Crippen molar-refractivity contribution in [3.05, 3.63) is 207 Å². The van der Waals surface area contributed by atoms with Crippen molar-refractivity contribution in [2.24, 2.45) is 0 Å². The van der Waals surface area contributed by atoms with Crippen LogP contribution in [0.15, 0.2) is 207 Å². The SMILES string of the molecule is CC/C=C\C/C=C\C/C=C\C/C=C\C/C=C\C/C=C\CCCCCCCCCCCCCCCCCCC(=O)OCC(O)COP(=O)(O)OCC(O)COP(=O)(O)OCC(COC(=O)CCCCCCCCCCCCCCCC/C=C\C/C=C\C/C=C\C/C=C\C/C=C\C/C=C\CC)OC(=O)CCCCCCCCCCCCCCCCCCC/C=C\C/C=C\C/C=C\C/C=C\C/C=C\CC. The maximum atomic E-state index is 13.2. The number of ether oxygens (including phenoxy) is 3. The second-order valence-corrected chi connectivity index (χ2v) is 39.6. The summed E-state index contributed by atoms with van der Waals surface area (Å²) < 4.78 is 61.9. The number of phosphoric acid groups is 2. The van der Waals surface area contributed by atoms with Gasteiger partial charge in [-0.15, -0.1) is 0 Å². The minimum Gasteiger partial charge on any atom is -0.463 e. The van der Waals surface area contributed by atoms with Crippen LogP contribution in [0.3, 0.4) is 0 Å². The van der Waals surface area contributed by atoms with Crippen molar-refractivity contribution >= 4 is 33.6 Å². The van der Waals surface area contributed by atoms with Crippen molar-refractivity contribution in [1.82, 2.24) is 0 Å². The Balaban J connectivity index is 4.61. The highest BCUT2D eigenvalue weighted by Gasteiger charge is 2.30. The fourth-order valence-electron chi connectivity index (χ4n) is 15.3. The summed E-state index contributed by atoms with van der Waals surface area (Å²) in [5.74, 6) is -1.56. The maximum absolute atomic E-state index is 13.2. The summed E-state index contributed by atoms with van der Waals surface area (Å²) in [4.78, 5) is 59.4. The molecule has 0 aromatic rings. The molecule has 0 aliphatic carbocycles. The van der Waals surface area contributed by atoms with Crippen LogP contribution in [-0.2, 0) is 55.8 Å². The molecular weight excluding hydrogens is 1750 g/mol. The number of esters is 3. The Labute approximate surface area is 839 Å². The number of rotatable bonds is 104. The van der Waals surface area contributed by atoms with Gasteiger partial charge in [0.25, 0.3) is 0 Å². The molecule has 0 saturated carbocycles. The molecule has 0 bridgehead atoms. The van der Waals surface area contributed by atoms with Gasteiger partial charge < -0.3 is 34.2 Å². The molecule has 0 aliphatic heterocycles. The van der Waals surface area contributed by atoms with Gasteiger partial charge in [0.05, 0.1) is 26.4 Å². The summed E-state index contributed by atoms with van der Waals surface area (Å²) in [5.41, 5.74) is 0. The average Bonchev–Trinajstić information content (AvgIpc) is 0.896. The van der Waals surface area contributed by atoms with Crippen LogP contribution in [-0.4, -0.2) is 95.9 Å². The van der Waals surface area contributed by atoms with Crippen molar-refractivity contribution in [3.8, 4) is 0 Å². The molecule has 0 aromatic heterocycles. The zero-order chi connectivity index (χ0) is 99.2. The highest BCUT2D eigenvalue weighted by atomic mass is 31.2. The molecule has 784 valence electrons. The van der Waals surface area contributed by atoms with Crippen LogP contribution in [0.4, 0.5) is 0 Å². The zero-order valence-electron chi connectivity index (χ0n) is 87.2.